The Morgan fingerprint density at radius 2 is 2.39 bits per heavy atom. The van der Waals surface area contributed by atoms with E-state index in [-0.39, 0.29) is 11.5 Å². The largest absolute Gasteiger partial charge is 0.387 e. The Hall–Kier alpha value is -0.130. The van der Waals surface area contributed by atoms with E-state index < -0.39 is 6.10 Å². The molecule has 3 rings (SSSR count). The molecule has 1 aromatic heterocycles. The third-order valence-electron chi connectivity index (χ3n) is 3.96. The lowest BCUT2D eigenvalue weighted by molar-refractivity contribution is -0.116. The molecule has 0 saturated carbocycles. The van der Waals surface area contributed by atoms with Crippen molar-refractivity contribution in [2.75, 3.05) is 19.8 Å². The van der Waals surface area contributed by atoms with E-state index in [1.54, 1.807) is 0 Å². The number of aliphatic hydroxyl groups is 1. The van der Waals surface area contributed by atoms with Gasteiger partial charge in [0.05, 0.1) is 28.2 Å². The minimum Gasteiger partial charge on any atom is -0.387 e. The lowest BCUT2D eigenvalue weighted by atomic mass is 9.82. The molecule has 3 unspecified atom stereocenters. The van der Waals surface area contributed by atoms with Crippen LogP contribution in [-0.4, -0.2) is 30.5 Å². The number of ether oxygens (including phenoxy) is 2. The molecular weight excluding hydrogens is 272 g/mol. The van der Waals surface area contributed by atoms with Crippen LogP contribution in [0.15, 0.2) is 11.4 Å². The summed E-state index contributed by atoms with van der Waals surface area (Å²) >= 11 is 7.63. The normalized spacial score (nSPS) is 34.0. The van der Waals surface area contributed by atoms with Crippen LogP contribution >= 0.6 is 22.9 Å². The maximum atomic E-state index is 10.5. The van der Waals surface area contributed by atoms with Crippen molar-refractivity contribution < 1.29 is 14.6 Å². The zero-order valence-electron chi connectivity index (χ0n) is 10.1. The van der Waals surface area contributed by atoms with Gasteiger partial charge in [-0.15, -0.1) is 11.3 Å². The van der Waals surface area contributed by atoms with Crippen LogP contribution in [0.2, 0.25) is 5.02 Å². The van der Waals surface area contributed by atoms with Gasteiger partial charge in [-0.25, -0.2) is 0 Å². The Kier molecular flexibility index (Phi) is 3.65. The molecule has 2 aliphatic rings. The maximum Gasteiger partial charge on any atom is 0.0940 e. The highest BCUT2D eigenvalue weighted by Crippen LogP contribution is 2.43. The quantitative estimate of drug-likeness (QED) is 0.909. The van der Waals surface area contributed by atoms with Gasteiger partial charge in [0.15, 0.2) is 0 Å². The molecule has 0 bridgehead atoms. The summed E-state index contributed by atoms with van der Waals surface area (Å²) in [4.78, 5) is 0.887. The van der Waals surface area contributed by atoms with Gasteiger partial charge in [-0.05, 0) is 30.2 Å². The first-order valence-corrected chi connectivity index (χ1v) is 7.59. The molecule has 18 heavy (non-hydrogen) atoms. The number of hydrogen-bond donors (Lipinski definition) is 1. The van der Waals surface area contributed by atoms with E-state index in [1.807, 2.05) is 11.4 Å². The third-order valence-corrected chi connectivity index (χ3v) is 5.39. The van der Waals surface area contributed by atoms with Crippen LogP contribution in [0.25, 0.3) is 0 Å². The van der Waals surface area contributed by atoms with Gasteiger partial charge in [0.25, 0.3) is 0 Å². The molecule has 1 aromatic rings. The van der Waals surface area contributed by atoms with E-state index in [0.717, 1.165) is 30.7 Å². The second kappa shape index (κ2) is 5.10. The molecule has 1 spiro atoms. The summed E-state index contributed by atoms with van der Waals surface area (Å²) in [5.41, 5.74) is -0.159. The number of aliphatic hydroxyl groups excluding tert-OH is 1. The van der Waals surface area contributed by atoms with E-state index in [4.69, 9.17) is 21.1 Å². The second-order valence-electron chi connectivity index (χ2n) is 5.16. The molecule has 100 valence electrons. The van der Waals surface area contributed by atoms with Crippen molar-refractivity contribution in [3.63, 3.8) is 0 Å². The standard InChI is InChI=1S/C13H17ClO3S/c14-10-2-6-18-12(10)11(15)9-1-4-17-13(7-9)3-5-16-8-13/h2,6,9,11,15H,1,3-5,7-8H2. The summed E-state index contributed by atoms with van der Waals surface area (Å²) < 4.78 is 11.3. The highest BCUT2D eigenvalue weighted by molar-refractivity contribution is 7.10. The molecule has 0 aliphatic carbocycles. The first-order chi connectivity index (χ1) is 8.70. The Morgan fingerprint density at radius 3 is 3.06 bits per heavy atom. The first-order valence-electron chi connectivity index (χ1n) is 6.33. The van der Waals surface area contributed by atoms with E-state index >= 15 is 0 Å². The average Bonchev–Trinajstić information content (AvgIpc) is 2.98. The Balaban J connectivity index is 1.74. The molecular formula is C13H17ClO3S. The minimum absolute atomic E-state index is 0.159. The molecule has 5 heteroatoms. The van der Waals surface area contributed by atoms with Crippen LogP contribution in [0, 0.1) is 5.92 Å². The predicted molar refractivity (Wildman–Crippen MR) is 71.1 cm³/mol. The zero-order valence-corrected chi connectivity index (χ0v) is 11.7. The van der Waals surface area contributed by atoms with Crippen molar-refractivity contribution in [1.82, 2.24) is 0 Å². The predicted octanol–water partition coefficient (Wildman–Crippen LogP) is 3.02. The van der Waals surface area contributed by atoms with E-state index in [1.165, 1.54) is 11.3 Å². The fourth-order valence-corrected chi connectivity index (χ4v) is 4.18. The van der Waals surface area contributed by atoms with E-state index in [0.29, 0.717) is 18.2 Å². The van der Waals surface area contributed by atoms with Gasteiger partial charge < -0.3 is 14.6 Å². The van der Waals surface area contributed by atoms with Gasteiger partial charge >= 0.3 is 0 Å². The van der Waals surface area contributed by atoms with Gasteiger partial charge in [0.2, 0.25) is 0 Å². The molecule has 0 amide bonds. The van der Waals surface area contributed by atoms with Crippen molar-refractivity contribution in [2.24, 2.45) is 5.92 Å². The molecule has 0 aromatic carbocycles. The number of thiophene rings is 1. The molecule has 2 aliphatic heterocycles. The Labute approximate surface area is 116 Å². The maximum absolute atomic E-state index is 10.5. The number of hydrogen-bond acceptors (Lipinski definition) is 4. The highest BCUT2D eigenvalue weighted by atomic mass is 35.5. The summed E-state index contributed by atoms with van der Waals surface area (Å²) in [7, 11) is 0. The number of halogens is 1. The molecule has 3 atom stereocenters. The Bertz CT molecular complexity index is 414. The van der Waals surface area contributed by atoms with Gasteiger partial charge in [0, 0.05) is 19.6 Å². The molecule has 0 radical (unpaired) electrons. The fourth-order valence-electron chi connectivity index (χ4n) is 2.93. The minimum atomic E-state index is -0.473. The lowest BCUT2D eigenvalue weighted by Gasteiger charge is -2.38. The SMILES string of the molecule is OC(c1sccc1Cl)C1CCOC2(CCOC2)C1. The van der Waals surface area contributed by atoms with Crippen molar-refractivity contribution >= 4 is 22.9 Å². The van der Waals surface area contributed by atoms with Crippen LogP contribution in [0.4, 0.5) is 0 Å². The summed E-state index contributed by atoms with van der Waals surface area (Å²) in [5.74, 6) is 0.219. The van der Waals surface area contributed by atoms with Crippen molar-refractivity contribution in [2.45, 2.75) is 31.0 Å². The summed E-state index contributed by atoms with van der Waals surface area (Å²) in [6, 6.07) is 1.85. The van der Waals surface area contributed by atoms with Crippen molar-refractivity contribution in [3.05, 3.63) is 21.3 Å². The smallest absolute Gasteiger partial charge is 0.0940 e. The van der Waals surface area contributed by atoms with Crippen molar-refractivity contribution in [1.29, 1.82) is 0 Å². The first kappa shape index (κ1) is 12.9. The molecule has 2 fully saturated rings. The highest BCUT2D eigenvalue weighted by Gasteiger charge is 2.43. The van der Waals surface area contributed by atoms with Crippen LogP contribution in [0.5, 0.6) is 0 Å². The van der Waals surface area contributed by atoms with E-state index in [9.17, 15) is 5.11 Å². The molecule has 3 nitrogen and oxygen atoms in total. The molecule has 3 heterocycles. The summed E-state index contributed by atoms with van der Waals surface area (Å²) in [6.07, 6.45) is 2.22. The van der Waals surface area contributed by atoms with Gasteiger partial charge in [0.1, 0.15) is 0 Å². The second-order valence-corrected chi connectivity index (χ2v) is 6.52. The monoisotopic (exact) mass is 288 g/mol. The molecule has 2 saturated heterocycles. The fraction of sp³-hybridized carbons (Fsp3) is 0.692. The van der Waals surface area contributed by atoms with Gasteiger partial charge in [-0.2, -0.15) is 0 Å². The number of rotatable bonds is 2. The summed E-state index contributed by atoms with van der Waals surface area (Å²) in [6.45, 7) is 2.13. The lowest BCUT2D eigenvalue weighted by Crippen LogP contribution is -2.41. The van der Waals surface area contributed by atoms with Crippen LogP contribution in [0.1, 0.15) is 30.2 Å². The van der Waals surface area contributed by atoms with Crippen LogP contribution in [-0.2, 0) is 9.47 Å². The average molecular weight is 289 g/mol. The molecule has 1 N–H and O–H groups in total. The van der Waals surface area contributed by atoms with Crippen LogP contribution < -0.4 is 0 Å². The van der Waals surface area contributed by atoms with Crippen molar-refractivity contribution in [3.8, 4) is 0 Å². The third kappa shape index (κ3) is 2.32. The topological polar surface area (TPSA) is 38.7 Å². The van der Waals surface area contributed by atoms with Gasteiger partial charge in [-0.1, -0.05) is 11.6 Å². The zero-order chi connectivity index (χ0) is 12.6. The van der Waals surface area contributed by atoms with Gasteiger partial charge in [-0.3, -0.25) is 0 Å². The van der Waals surface area contributed by atoms with E-state index in [2.05, 4.69) is 0 Å². The van der Waals surface area contributed by atoms with Crippen LogP contribution in [0.3, 0.4) is 0 Å². The summed E-state index contributed by atoms with van der Waals surface area (Å²) in [5, 5.41) is 13.1. The Morgan fingerprint density at radius 1 is 1.50 bits per heavy atom.